The van der Waals surface area contributed by atoms with Gasteiger partial charge in [-0.2, -0.15) is 13.2 Å². The zero-order chi connectivity index (χ0) is 27.8. The number of ether oxygens (including phenoxy) is 2. The average molecular weight is 545 g/mol. The van der Waals surface area contributed by atoms with Crippen molar-refractivity contribution in [1.29, 1.82) is 0 Å². The normalized spacial score (nSPS) is 16.5. The van der Waals surface area contributed by atoms with Gasteiger partial charge in [0, 0.05) is 24.7 Å². The van der Waals surface area contributed by atoms with Crippen molar-refractivity contribution in [3.8, 4) is 16.9 Å². The van der Waals surface area contributed by atoms with E-state index in [2.05, 4.69) is 20.9 Å². The number of hydrogen-bond donors (Lipinski definition) is 3. The molecule has 0 unspecified atom stereocenters. The zero-order valence-corrected chi connectivity index (χ0v) is 20.7. The number of alkyl halides is 3. The number of urea groups is 1. The Labute approximate surface area is 220 Å². The Kier molecular flexibility index (Phi) is 6.89. The second kappa shape index (κ2) is 10.2. The molecule has 0 saturated carbocycles. The monoisotopic (exact) mass is 544 g/mol. The van der Waals surface area contributed by atoms with Crippen LogP contribution >= 0.6 is 0 Å². The Morgan fingerprint density at radius 3 is 2.59 bits per heavy atom. The first kappa shape index (κ1) is 26.4. The Hall–Kier alpha value is -4.19. The molecule has 1 aromatic heterocycles. The van der Waals surface area contributed by atoms with Crippen LogP contribution < -0.4 is 20.7 Å². The Morgan fingerprint density at radius 1 is 1.08 bits per heavy atom. The molecular weight excluding hydrogens is 520 g/mol. The smallest absolute Gasteiger partial charge is 0.433 e. The number of benzene rings is 2. The lowest BCUT2D eigenvalue weighted by Crippen LogP contribution is -2.43. The van der Waals surface area contributed by atoms with Crippen LogP contribution in [0.3, 0.4) is 0 Å². The van der Waals surface area contributed by atoms with Gasteiger partial charge in [-0.1, -0.05) is 6.07 Å². The molecule has 0 radical (unpaired) electrons. The number of aryl methyl sites for hydroxylation is 1. The van der Waals surface area contributed by atoms with Gasteiger partial charge in [0.05, 0.1) is 31.0 Å². The molecule has 3 N–H and O–H groups in total. The fourth-order valence-corrected chi connectivity index (χ4v) is 4.68. The predicted molar refractivity (Wildman–Crippen MR) is 135 cm³/mol. The van der Waals surface area contributed by atoms with Gasteiger partial charge in [-0.15, -0.1) is 0 Å². The molecule has 0 atom stereocenters. The standard InChI is InChI=1S/C27H24F4N4O4/c1-15-10-19(28)21(35-25(37)33-17-4-7-32-23(12-17)27(29,30)31)13-18(15)16-2-3-20-22(11-16)39-26(14-24(36)34-20)5-8-38-9-6-26/h2-4,7,10-13H,5-6,8-9,14H2,1H3,(H,34,36)(H2,32,33,35,37). The molecule has 3 amide bonds. The van der Waals surface area contributed by atoms with E-state index in [4.69, 9.17) is 9.47 Å². The van der Waals surface area contributed by atoms with Gasteiger partial charge in [-0.3, -0.25) is 9.78 Å². The molecule has 5 rings (SSSR count). The first-order valence-electron chi connectivity index (χ1n) is 12.1. The van der Waals surface area contributed by atoms with Gasteiger partial charge in [0.15, 0.2) is 0 Å². The van der Waals surface area contributed by atoms with Crippen molar-refractivity contribution in [2.45, 2.75) is 38.0 Å². The quantitative estimate of drug-likeness (QED) is 0.345. The van der Waals surface area contributed by atoms with Gasteiger partial charge >= 0.3 is 12.2 Å². The molecule has 2 aromatic carbocycles. The largest absolute Gasteiger partial charge is 0.484 e. The minimum atomic E-state index is -4.68. The number of carbonyl (C=O) groups is 2. The van der Waals surface area contributed by atoms with E-state index >= 15 is 0 Å². The molecule has 0 bridgehead atoms. The van der Waals surface area contributed by atoms with Gasteiger partial charge < -0.3 is 25.4 Å². The summed E-state index contributed by atoms with van der Waals surface area (Å²) >= 11 is 0. The first-order valence-corrected chi connectivity index (χ1v) is 12.1. The summed E-state index contributed by atoms with van der Waals surface area (Å²) in [6.07, 6.45) is -2.45. The fourth-order valence-electron chi connectivity index (χ4n) is 4.68. The summed E-state index contributed by atoms with van der Waals surface area (Å²) in [4.78, 5) is 28.3. The highest BCUT2D eigenvalue weighted by molar-refractivity contribution is 6.00. The van der Waals surface area contributed by atoms with Crippen molar-refractivity contribution in [3.05, 3.63) is 65.7 Å². The van der Waals surface area contributed by atoms with E-state index in [1.807, 2.05) is 0 Å². The van der Waals surface area contributed by atoms with Gasteiger partial charge in [0.2, 0.25) is 5.91 Å². The molecule has 0 aliphatic carbocycles. The summed E-state index contributed by atoms with van der Waals surface area (Å²) in [5.74, 6) is -0.415. The van der Waals surface area contributed by atoms with Crippen molar-refractivity contribution < 1.29 is 36.6 Å². The third kappa shape index (κ3) is 5.80. The Balaban J connectivity index is 1.40. The van der Waals surface area contributed by atoms with E-state index in [1.54, 1.807) is 25.1 Å². The maximum absolute atomic E-state index is 14.8. The molecule has 1 saturated heterocycles. The molecule has 2 aliphatic heterocycles. The van der Waals surface area contributed by atoms with Crippen LogP contribution in [0, 0.1) is 12.7 Å². The van der Waals surface area contributed by atoms with Crippen LogP contribution in [-0.2, 0) is 15.7 Å². The van der Waals surface area contributed by atoms with Crippen LogP contribution in [0.1, 0.15) is 30.5 Å². The molecule has 1 spiro atoms. The molecule has 2 aliphatic rings. The molecule has 3 heterocycles. The second-order valence-corrected chi connectivity index (χ2v) is 9.49. The van der Waals surface area contributed by atoms with Crippen molar-refractivity contribution in [2.75, 3.05) is 29.2 Å². The molecule has 12 heteroatoms. The topological polar surface area (TPSA) is 102 Å². The molecule has 39 heavy (non-hydrogen) atoms. The summed E-state index contributed by atoms with van der Waals surface area (Å²) in [7, 11) is 0. The lowest BCUT2D eigenvalue weighted by molar-refractivity contribution is -0.141. The summed E-state index contributed by atoms with van der Waals surface area (Å²) < 4.78 is 65.4. The van der Waals surface area contributed by atoms with Gasteiger partial charge in [-0.05, 0) is 60.0 Å². The van der Waals surface area contributed by atoms with E-state index in [9.17, 15) is 27.2 Å². The number of nitrogens with zero attached hydrogens (tertiary/aromatic N) is 1. The van der Waals surface area contributed by atoms with Crippen LogP contribution in [0.25, 0.3) is 11.1 Å². The van der Waals surface area contributed by atoms with Gasteiger partial charge in [0.1, 0.15) is 22.9 Å². The second-order valence-electron chi connectivity index (χ2n) is 9.49. The molecule has 1 fully saturated rings. The SMILES string of the molecule is Cc1cc(F)c(NC(=O)Nc2ccnc(C(F)(F)F)c2)cc1-c1ccc2c(c1)OC1(CCOCC1)CC(=O)N2. The third-order valence-corrected chi connectivity index (χ3v) is 6.65. The molecular formula is C27H24F4N4O4. The number of pyridine rings is 1. The number of amides is 3. The van der Waals surface area contributed by atoms with Crippen LogP contribution in [0.15, 0.2) is 48.7 Å². The van der Waals surface area contributed by atoms with Crippen molar-refractivity contribution >= 4 is 29.0 Å². The van der Waals surface area contributed by atoms with Crippen LogP contribution in [0.2, 0.25) is 0 Å². The minimum absolute atomic E-state index is 0.157. The lowest BCUT2D eigenvalue weighted by atomic mass is 9.90. The fraction of sp³-hybridized carbons (Fsp3) is 0.296. The van der Waals surface area contributed by atoms with Crippen molar-refractivity contribution in [2.24, 2.45) is 0 Å². The Bertz CT molecular complexity index is 1440. The number of carbonyl (C=O) groups excluding carboxylic acids is 2. The summed E-state index contributed by atoms with van der Waals surface area (Å²) in [5.41, 5.74) is 0.121. The first-order chi connectivity index (χ1) is 18.5. The molecule has 8 nitrogen and oxygen atoms in total. The lowest BCUT2D eigenvalue weighted by Gasteiger charge is -2.35. The van der Waals surface area contributed by atoms with Crippen molar-refractivity contribution in [3.63, 3.8) is 0 Å². The summed E-state index contributed by atoms with van der Waals surface area (Å²) in [5, 5.41) is 7.48. The van der Waals surface area contributed by atoms with Crippen molar-refractivity contribution in [1.82, 2.24) is 4.98 Å². The number of halogens is 4. The van der Waals surface area contributed by atoms with Crippen LogP contribution in [0.5, 0.6) is 5.75 Å². The number of nitrogens with one attached hydrogen (secondary N) is 3. The van der Waals surface area contributed by atoms with Gasteiger partial charge in [0.25, 0.3) is 0 Å². The number of fused-ring (bicyclic) bond motifs is 1. The van der Waals surface area contributed by atoms with E-state index in [0.29, 0.717) is 60.2 Å². The average Bonchev–Trinajstić information content (AvgIpc) is 3.00. The zero-order valence-electron chi connectivity index (χ0n) is 20.7. The summed E-state index contributed by atoms with van der Waals surface area (Å²) in [6, 6.07) is 8.79. The molecule has 204 valence electrons. The van der Waals surface area contributed by atoms with Crippen LogP contribution in [0.4, 0.5) is 39.4 Å². The highest BCUT2D eigenvalue weighted by Gasteiger charge is 2.40. The summed E-state index contributed by atoms with van der Waals surface area (Å²) in [6.45, 7) is 2.66. The maximum Gasteiger partial charge on any atom is 0.433 e. The third-order valence-electron chi connectivity index (χ3n) is 6.65. The van der Waals surface area contributed by atoms with E-state index < -0.39 is 29.3 Å². The molecule has 3 aromatic rings. The van der Waals surface area contributed by atoms with Crippen LogP contribution in [-0.4, -0.2) is 35.7 Å². The predicted octanol–water partition coefficient (Wildman–Crippen LogP) is 6.13. The van der Waals surface area contributed by atoms with E-state index in [0.717, 1.165) is 6.20 Å². The van der Waals surface area contributed by atoms with Gasteiger partial charge in [-0.25, -0.2) is 9.18 Å². The van der Waals surface area contributed by atoms with E-state index in [1.165, 1.54) is 18.2 Å². The van der Waals surface area contributed by atoms with E-state index in [-0.39, 0.29) is 23.7 Å². The maximum atomic E-state index is 14.8. The number of anilines is 3. The highest BCUT2D eigenvalue weighted by Crippen LogP contribution is 2.41. The number of aromatic nitrogens is 1. The number of hydrogen-bond acceptors (Lipinski definition) is 5. The minimum Gasteiger partial charge on any atom is -0.484 e. The Morgan fingerprint density at radius 2 is 1.85 bits per heavy atom. The highest BCUT2D eigenvalue weighted by atomic mass is 19.4. The number of rotatable bonds is 3.